The number of rotatable bonds is 3. The van der Waals surface area contributed by atoms with Crippen molar-refractivity contribution >= 4 is 49.2 Å². The van der Waals surface area contributed by atoms with Gasteiger partial charge in [0.2, 0.25) is 10.0 Å². The molecule has 1 fully saturated rings. The summed E-state index contributed by atoms with van der Waals surface area (Å²) in [5, 5.41) is 0.308. The van der Waals surface area contributed by atoms with Gasteiger partial charge in [0.15, 0.2) is 0 Å². The van der Waals surface area contributed by atoms with Crippen LogP contribution in [0.1, 0.15) is 26.2 Å². The van der Waals surface area contributed by atoms with Gasteiger partial charge in [0, 0.05) is 17.1 Å². The Balaban J connectivity index is 2.51. The average molecular weight is 387 g/mol. The first-order chi connectivity index (χ1) is 8.87. The molecule has 2 rings (SSSR count). The van der Waals surface area contributed by atoms with Crippen molar-refractivity contribution in [3.63, 3.8) is 0 Å². The van der Waals surface area contributed by atoms with Gasteiger partial charge < -0.3 is 0 Å². The van der Waals surface area contributed by atoms with Crippen LogP contribution < -0.4 is 0 Å². The molecule has 1 atom stereocenters. The highest BCUT2D eigenvalue weighted by molar-refractivity contribution is 9.10. The smallest absolute Gasteiger partial charge is 0.207 e. The Bertz CT molecular complexity index is 568. The van der Waals surface area contributed by atoms with Gasteiger partial charge in [-0.25, -0.2) is 8.42 Å². The van der Waals surface area contributed by atoms with Crippen LogP contribution in [0.15, 0.2) is 21.5 Å². The molecule has 0 spiro atoms. The van der Waals surface area contributed by atoms with E-state index in [9.17, 15) is 8.42 Å². The summed E-state index contributed by atoms with van der Waals surface area (Å²) in [4.78, 5) is 0.0133. The monoisotopic (exact) mass is 385 g/mol. The molecule has 0 saturated carbocycles. The van der Waals surface area contributed by atoms with Crippen LogP contribution >= 0.6 is 39.1 Å². The van der Waals surface area contributed by atoms with Crippen LogP contribution in [-0.4, -0.2) is 25.3 Å². The van der Waals surface area contributed by atoms with Crippen molar-refractivity contribution < 1.29 is 8.42 Å². The van der Waals surface area contributed by atoms with Crippen molar-refractivity contribution in [2.75, 3.05) is 6.54 Å². The minimum Gasteiger partial charge on any atom is -0.207 e. The molecule has 0 radical (unpaired) electrons. The second kappa shape index (κ2) is 5.90. The van der Waals surface area contributed by atoms with Gasteiger partial charge in [-0.2, -0.15) is 4.31 Å². The van der Waals surface area contributed by atoms with Gasteiger partial charge >= 0.3 is 0 Å². The SMILES string of the molecule is CCC1CCCN1S(=O)(=O)c1c(Cl)cc(Br)cc1Cl. The fourth-order valence-corrected chi connectivity index (χ4v) is 6.08. The van der Waals surface area contributed by atoms with Gasteiger partial charge in [-0.1, -0.05) is 46.1 Å². The van der Waals surface area contributed by atoms with E-state index in [1.807, 2.05) is 6.92 Å². The van der Waals surface area contributed by atoms with Crippen LogP contribution in [0.25, 0.3) is 0 Å². The van der Waals surface area contributed by atoms with Crippen molar-refractivity contribution in [1.29, 1.82) is 0 Å². The fraction of sp³-hybridized carbons (Fsp3) is 0.500. The Morgan fingerprint density at radius 3 is 2.47 bits per heavy atom. The highest BCUT2D eigenvalue weighted by atomic mass is 79.9. The Hall–Kier alpha value is 0.190. The van der Waals surface area contributed by atoms with Crippen LogP contribution in [0.3, 0.4) is 0 Å². The summed E-state index contributed by atoms with van der Waals surface area (Å²) in [6.45, 7) is 2.52. The number of benzene rings is 1. The molecule has 1 aliphatic rings. The Morgan fingerprint density at radius 2 is 1.95 bits per heavy atom. The van der Waals surface area contributed by atoms with E-state index in [0.29, 0.717) is 11.0 Å². The molecular weight excluding hydrogens is 373 g/mol. The summed E-state index contributed by atoms with van der Waals surface area (Å²) < 4.78 is 27.6. The van der Waals surface area contributed by atoms with Gasteiger partial charge in [-0.15, -0.1) is 0 Å². The van der Waals surface area contributed by atoms with Crippen LogP contribution in [0.2, 0.25) is 10.0 Å². The second-order valence-corrected chi connectivity index (χ2v) is 8.08. The molecule has 0 aliphatic carbocycles. The lowest BCUT2D eigenvalue weighted by Crippen LogP contribution is -2.35. The zero-order valence-corrected chi connectivity index (χ0v) is 14.3. The molecule has 3 nitrogen and oxygen atoms in total. The van der Waals surface area contributed by atoms with E-state index >= 15 is 0 Å². The molecule has 1 heterocycles. The topological polar surface area (TPSA) is 37.4 Å². The minimum absolute atomic E-state index is 0.0133. The van der Waals surface area contributed by atoms with Crippen LogP contribution in [-0.2, 0) is 10.0 Å². The summed E-state index contributed by atoms with van der Waals surface area (Å²) in [6.07, 6.45) is 2.57. The number of hydrogen-bond donors (Lipinski definition) is 0. The molecule has 1 aliphatic heterocycles. The maximum Gasteiger partial charge on any atom is 0.246 e. The summed E-state index contributed by atoms with van der Waals surface area (Å²) in [5.41, 5.74) is 0. The van der Waals surface area contributed by atoms with Gasteiger partial charge in [0.1, 0.15) is 4.90 Å². The molecule has 1 saturated heterocycles. The number of sulfonamides is 1. The van der Waals surface area contributed by atoms with Crippen molar-refractivity contribution in [3.8, 4) is 0 Å². The highest BCUT2D eigenvalue weighted by Gasteiger charge is 2.36. The summed E-state index contributed by atoms with van der Waals surface area (Å²) in [6, 6.07) is 3.15. The van der Waals surface area contributed by atoms with Crippen molar-refractivity contribution in [2.45, 2.75) is 37.1 Å². The average Bonchev–Trinajstić information content (AvgIpc) is 2.75. The van der Waals surface area contributed by atoms with Gasteiger partial charge in [0.25, 0.3) is 0 Å². The van der Waals surface area contributed by atoms with E-state index in [1.165, 1.54) is 4.31 Å². The maximum atomic E-state index is 12.7. The zero-order chi connectivity index (χ0) is 14.2. The zero-order valence-electron chi connectivity index (χ0n) is 10.4. The van der Waals surface area contributed by atoms with E-state index < -0.39 is 10.0 Å². The normalized spacial score (nSPS) is 20.9. The van der Waals surface area contributed by atoms with E-state index in [1.54, 1.807) is 12.1 Å². The quantitative estimate of drug-likeness (QED) is 0.775. The Morgan fingerprint density at radius 1 is 1.37 bits per heavy atom. The molecule has 0 N–H and O–H groups in total. The van der Waals surface area contributed by atoms with E-state index in [2.05, 4.69) is 15.9 Å². The largest absolute Gasteiger partial charge is 0.246 e. The van der Waals surface area contributed by atoms with Crippen molar-refractivity contribution in [3.05, 3.63) is 26.7 Å². The number of halogens is 3. The highest BCUT2D eigenvalue weighted by Crippen LogP contribution is 2.37. The molecule has 1 aromatic carbocycles. The fourth-order valence-electron chi connectivity index (χ4n) is 2.43. The van der Waals surface area contributed by atoms with Crippen molar-refractivity contribution in [2.24, 2.45) is 0 Å². The van der Waals surface area contributed by atoms with Gasteiger partial charge in [-0.3, -0.25) is 0 Å². The first-order valence-corrected chi connectivity index (χ1v) is 9.03. The van der Waals surface area contributed by atoms with Crippen LogP contribution in [0.5, 0.6) is 0 Å². The third kappa shape index (κ3) is 2.95. The molecule has 0 aromatic heterocycles. The third-order valence-electron chi connectivity index (χ3n) is 3.32. The maximum absolute atomic E-state index is 12.7. The molecule has 19 heavy (non-hydrogen) atoms. The Kier molecular flexibility index (Phi) is 4.83. The molecule has 1 unspecified atom stereocenters. The van der Waals surface area contributed by atoms with Crippen molar-refractivity contribution in [1.82, 2.24) is 4.31 Å². The molecule has 1 aromatic rings. The first-order valence-electron chi connectivity index (χ1n) is 6.04. The third-order valence-corrected chi connectivity index (χ3v) is 6.66. The molecule has 106 valence electrons. The van der Waals surface area contributed by atoms with E-state index in [4.69, 9.17) is 23.2 Å². The molecular formula is C12H14BrCl2NO2S. The summed E-state index contributed by atoms with van der Waals surface area (Å²) >= 11 is 15.4. The second-order valence-electron chi connectivity index (χ2n) is 4.52. The standard InChI is InChI=1S/C12H14BrCl2NO2S/c1-2-9-4-3-5-16(9)19(17,18)12-10(14)6-8(13)7-11(12)15/h6-7,9H,2-5H2,1H3. The molecule has 0 bridgehead atoms. The van der Waals surface area contributed by atoms with Gasteiger partial charge in [-0.05, 0) is 31.4 Å². The summed E-state index contributed by atoms with van der Waals surface area (Å²) in [5.74, 6) is 0. The number of hydrogen-bond acceptors (Lipinski definition) is 2. The number of nitrogens with zero attached hydrogens (tertiary/aromatic N) is 1. The lowest BCUT2D eigenvalue weighted by molar-refractivity contribution is 0.379. The van der Waals surface area contributed by atoms with Gasteiger partial charge in [0.05, 0.1) is 10.0 Å². The Labute approximate surface area is 132 Å². The predicted octanol–water partition coefficient (Wildman–Crippen LogP) is 4.32. The van der Waals surface area contributed by atoms with E-state index in [-0.39, 0.29) is 21.0 Å². The lowest BCUT2D eigenvalue weighted by atomic mass is 10.2. The molecule has 0 amide bonds. The van der Waals surface area contributed by atoms with Crippen LogP contribution in [0.4, 0.5) is 0 Å². The first kappa shape index (κ1) is 15.6. The lowest BCUT2D eigenvalue weighted by Gasteiger charge is -2.24. The minimum atomic E-state index is -3.63. The molecule has 7 heteroatoms. The predicted molar refractivity (Wildman–Crippen MR) is 81.4 cm³/mol. The van der Waals surface area contributed by atoms with Crippen LogP contribution in [0, 0.1) is 0 Å². The summed E-state index contributed by atoms with van der Waals surface area (Å²) in [7, 11) is -3.63. The van der Waals surface area contributed by atoms with E-state index in [0.717, 1.165) is 19.3 Å².